The van der Waals surface area contributed by atoms with Gasteiger partial charge in [-0.1, -0.05) is 17.7 Å². The summed E-state index contributed by atoms with van der Waals surface area (Å²) in [6.07, 6.45) is 5.83. The van der Waals surface area contributed by atoms with E-state index < -0.39 is 0 Å². The zero-order chi connectivity index (χ0) is 16.2. The average molecular weight is 308 g/mol. The standard InChI is InChI=1S/C19H20N2O2/c1-14-7-8-16(15(2)12-14)20-19(22)13-17(18-6-5-11-23-18)21-9-3-4-10-21/h3-12,17H,13H2,1-2H3,(H,20,22)/t17-/m0/s1. The average Bonchev–Trinajstić information content (AvgIpc) is 3.21. The molecule has 0 saturated heterocycles. The molecule has 3 aromatic rings. The maximum absolute atomic E-state index is 12.5. The van der Waals surface area contributed by atoms with Crippen molar-refractivity contribution in [2.24, 2.45) is 0 Å². The van der Waals surface area contributed by atoms with Crippen LogP contribution in [0.3, 0.4) is 0 Å². The smallest absolute Gasteiger partial charge is 0.226 e. The summed E-state index contributed by atoms with van der Waals surface area (Å²) >= 11 is 0. The monoisotopic (exact) mass is 308 g/mol. The molecule has 1 aromatic carbocycles. The number of nitrogens with zero attached hydrogens (tertiary/aromatic N) is 1. The van der Waals surface area contributed by atoms with Crippen molar-refractivity contribution in [3.63, 3.8) is 0 Å². The first-order chi connectivity index (χ1) is 11.1. The predicted octanol–water partition coefficient (Wildman–Crippen LogP) is 4.32. The minimum Gasteiger partial charge on any atom is -0.467 e. The molecule has 0 spiro atoms. The van der Waals surface area contributed by atoms with Crippen LogP contribution in [0.4, 0.5) is 5.69 Å². The number of aryl methyl sites for hydroxylation is 2. The maximum atomic E-state index is 12.5. The molecule has 0 saturated carbocycles. The number of rotatable bonds is 5. The van der Waals surface area contributed by atoms with Crippen LogP contribution >= 0.6 is 0 Å². The Kier molecular flexibility index (Phi) is 4.33. The third kappa shape index (κ3) is 3.54. The van der Waals surface area contributed by atoms with E-state index in [9.17, 15) is 4.79 Å². The van der Waals surface area contributed by atoms with Crippen LogP contribution in [0.2, 0.25) is 0 Å². The van der Waals surface area contributed by atoms with Crippen LogP contribution in [-0.4, -0.2) is 10.5 Å². The minimum atomic E-state index is -0.147. The lowest BCUT2D eigenvalue weighted by Gasteiger charge is -2.17. The summed E-state index contributed by atoms with van der Waals surface area (Å²) < 4.78 is 7.50. The van der Waals surface area contributed by atoms with Gasteiger partial charge < -0.3 is 14.3 Å². The van der Waals surface area contributed by atoms with Crippen LogP contribution in [0.5, 0.6) is 0 Å². The van der Waals surface area contributed by atoms with Gasteiger partial charge in [0.15, 0.2) is 0 Å². The summed E-state index contributed by atoms with van der Waals surface area (Å²) in [6.45, 7) is 4.04. The molecule has 0 unspecified atom stereocenters. The normalized spacial score (nSPS) is 12.1. The summed E-state index contributed by atoms with van der Waals surface area (Å²) in [4.78, 5) is 12.5. The SMILES string of the molecule is Cc1ccc(NC(=O)C[C@@H](c2ccco2)n2cccc2)c(C)c1. The van der Waals surface area contributed by atoms with Gasteiger partial charge in [0.2, 0.25) is 5.91 Å². The Hall–Kier alpha value is -2.75. The Morgan fingerprint density at radius 2 is 1.96 bits per heavy atom. The van der Waals surface area contributed by atoms with Crippen LogP contribution in [0, 0.1) is 13.8 Å². The van der Waals surface area contributed by atoms with Gasteiger partial charge in [0.25, 0.3) is 0 Å². The molecule has 1 atom stereocenters. The highest BCUT2D eigenvalue weighted by Gasteiger charge is 2.20. The number of carbonyl (C=O) groups excluding carboxylic acids is 1. The van der Waals surface area contributed by atoms with Crippen LogP contribution in [0.25, 0.3) is 0 Å². The van der Waals surface area contributed by atoms with E-state index in [1.807, 2.05) is 67.2 Å². The quantitative estimate of drug-likeness (QED) is 0.763. The highest BCUT2D eigenvalue weighted by Crippen LogP contribution is 2.24. The Morgan fingerprint density at radius 1 is 1.17 bits per heavy atom. The van der Waals surface area contributed by atoms with Crippen molar-refractivity contribution < 1.29 is 9.21 Å². The summed E-state index contributed by atoms with van der Waals surface area (Å²) in [5.74, 6) is 0.740. The second-order valence-corrected chi connectivity index (χ2v) is 5.73. The van der Waals surface area contributed by atoms with Gasteiger partial charge in [-0.25, -0.2) is 0 Å². The number of benzene rings is 1. The van der Waals surface area contributed by atoms with Gasteiger partial charge >= 0.3 is 0 Å². The summed E-state index contributed by atoms with van der Waals surface area (Å²) in [6, 6.07) is 13.5. The molecule has 0 aliphatic rings. The van der Waals surface area contributed by atoms with Crippen molar-refractivity contribution in [2.45, 2.75) is 26.3 Å². The second kappa shape index (κ2) is 6.57. The molecule has 23 heavy (non-hydrogen) atoms. The van der Waals surface area contributed by atoms with Gasteiger partial charge in [-0.3, -0.25) is 4.79 Å². The zero-order valence-electron chi connectivity index (χ0n) is 13.3. The predicted molar refractivity (Wildman–Crippen MR) is 90.4 cm³/mol. The van der Waals surface area contributed by atoms with Gasteiger partial charge in [0, 0.05) is 18.1 Å². The number of aromatic nitrogens is 1. The third-order valence-electron chi connectivity index (χ3n) is 3.89. The Morgan fingerprint density at radius 3 is 2.61 bits per heavy atom. The van der Waals surface area contributed by atoms with Gasteiger partial charge in [-0.05, 0) is 49.7 Å². The number of furan rings is 1. The van der Waals surface area contributed by atoms with Gasteiger partial charge in [-0.2, -0.15) is 0 Å². The first kappa shape index (κ1) is 15.2. The Balaban J connectivity index is 1.76. The second-order valence-electron chi connectivity index (χ2n) is 5.73. The van der Waals surface area contributed by atoms with Crippen molar-refractivity contribution in [2.75, 3.05) is 5.32 Å². The number of hydrogen-bond acceptors (Lipinski definition) is 2. The maximum Gasteiger partial charge on any atom is 0.226 e. The molecule has 2 heterocycles. The molecule has 3 rings (SSSR count). The van der Waals surface area contributed by atoms with E-state index in [1.165, 1.54) is 5.56 Å². The van der Waals surface area contributed by atoms with Gasteiger partial charge in [-0.15, -0.1) is 0 Å². The number of carbonyl (C=O) groups is 1. The summed E-state index contributed by atoms with van der Waals surface area (Å²) in [7, 11) is 0. The van der Waals surface area contributed by atoms with Gasteiger partial charge in [0.1, 0.15) is 5.76 Å². The summed E-state index contributed by atoms with van der Waals surface area (Å²) in [5.41, 5.74) is 3.10. The van der Waals surface area contributed by atoms with E-state index in [0.717, 1.165) is 17.0 Å². The lowest BCUT2D eigenvalue weighted by molar-refractivity contribution is -0.116. The topological polar surface area (TPSA) is 47.2 Å². The lowest BCUT2D eigenvalue weighted by Crippen LogP contribution is -2.19. The molecule has 0 fully saturated rings. The van der Waals surface area contributed by atoms with Crippen molar-refractivity contribution in [3.8, 4) is 0 Å². The van der Waals surface area contributed by atoms with Crippen LogP contribution < -0.4 is 5.32 Å². The fourth-order valence-electron chi connectivity index (χ4n) is 2.72. The number of nitrogens with one attached hydrogen (secondary N) is 1. The molecule has 2 aromatic heterocycles. The highest BCUT2D eigenvalue weighted by atomic mass is 16.3. The molecular weight excluding hydrogens is 288 g/mol. The van der Waals surface area contributed by atoms with Crippen molar-refractivity contribution in [3.05, 3.63) is 78.0 Å². The van der Waals surface area contributed by atoms with E-state index >= 15 is 0 Å². The third-order valence-corrected chi connectivity index (χ3v) is 3.89. The van der Waals surface area contributed by atoms with E-state index in [-0.39, 0.29) is 11.9 Å². The van der Waals surface area contributed by atoms with Crippen LogP contribution in [0.15, 0.2) is 65.5 Å². The molecule has 1 amide bonds. The summed E-state index contributed by atoms with van der Waals surface area (Å²) in [5, 5.41) is 3.00. The first-order valence-corrected chi connectivity index (χ1v) is 7.66. The molecule has 0 radical (unpaired) electrons. The fourth-order valence-corrected chi connectivity index (χ4v) is 2.72. The molecule has 0 bridgehead atoms. The first-order valence-electron chi connectivity index (χ1n) is 7.66. The number of amides is 1. The Labute approximate surface area is 135 Å². The number of anilines is 1. The number of hydrogen-bond donors (Lipinski definition) is 1. The van der Waals surface area contributed by atoms with E-state index in [4.69, 9.17) is 4.42 Å². The van der Waals surface area contributed by atoms with Crippen LogP contribution in [-0.2, 0) is 4.79 Å². The highest BCUT2D eigenvalue weighted by molar-refractivity contribution is 5.92. The van der Waals surface area contributed by atoms with Crippen LogP contribution in [0.1, 0.15) is 29.3 Å². The van der Waals surface area contributed by atoms with Gasteiger partial charge in [0.05, 0.1) is 18.7 Å². The van der Waals surface area contributed by atoms with Crippen molar-refractivity contribution >= 4 is 11.6 Å². The molecule has 4 nitrogen and oxygen atoms in total. The minimum absolute atomic E-state index is 0.0351. The van der Waals surface area contributed by atoms with E-state index in [2.05, 4.69) is 11.4 Å². The molecule has 118 valence electrons. The van der Waals surface area contributed by atoms with Crippen molar-refractivity contribution in [1.82, 2.24) is 4.57 Å². The lowest BCUT2D eigenvalue weighted by atomic mass is 10.1. The van der Waals surface area contributed by atoms with E-state index in [1.54, 1.807) is 6.26 Å². The van der Waals surface area contributed by atoms with E-state index in [0.29, 0.717) is 6.42 Å². The zero-order valence-corrected chi connectivity index (χ0v) is 13.3. The molecule has 1 N–H and O–H groups in total. The molecule has 4 heteroatoms. The molecule has 0 aliphatic heterocycles. The fraction of sp³-hybridized carbons (Fsp3) is 0.211. The van der Waals surface area contributed by atoms with Crippen molar-refractivity contribution in [1.29, 1.82) is 0 Å². The molecule has 0 aliphatic carbocycles. The largest absolute Gasteiger partial charge is 0.467 e. The Bertz CT molecular complexity index is 740. The molecular formula is C19H20N2O2.